The minimum atomic E-state index is -1.61. The Balaban J connectivity index is 1.81. The Morgan fingerprint density at radius 1 is 1.24 bits per heavy atom. The number of fused-ring (bicyclic) bond motifs is 1. The molecule has 1 aromatic rings. The fourth-order valence-electron chi connectivity index (χ4n) is 5.88. The highest BCUT2D eigenvalue weighted by atomic mass is 19.1. The lowest BCUT2D eigenvalue weighted by atomic mass is 9.62. The molecule has 2 fully saturated rings. The summed E-state index contributed by atoms with van der Waals surface area (Å²) in [6, 6.07) is 5.22. The average Bonchev–Trinajstić information content (AvgIpc) is 2.96. The van der Waals surface area contributed by atoms with Gasteiger partial charge in [0.1, 0.15) is 11.4 Å². The Kier molecular flexibility index (Phi) is 8.50. The zero-order valence-corrected chi connectivity index (χ0v) is 21.0. The minimum absolute atomic E-state index is 0.0290. The van der Waals surface area contributed by atoms with E-state index in [9.17, 15) is 10.2 Å². The van der Waals surface area contributed by atoms with Gasteiger partial charge in [0.05, 0.1) is 18.5 Å². The van der Waals surface area contributed by atoms with Crippen molar-refractivity contribution in [3.8, 4) is 5.75 Å². The van der Waals surface area contributed by atoms with Crippen LogP contribution in [0.2, 0.25) is 0 Å². The van der Waals surface area contributed by atoms with Gasteiger partial charge in [-0.25, -0.2) is 4.39 Å². The fraction of sp³-hybridized carbons (Fsp3) is 0.714. The molecule has 186 valence electrons. The molecule has 33 heavy (non-hydrogen) atoms. The maximum Gasteiger partial charge on any atom is 0.200 e. The molecule has 8 atom stereocenters. The van der Waals surface area contributed by atoms with Crippen LogP contribution in [0.25, 0.3) is 0 Å². The molecule has 1 heterocycles. The first-order valence-electron chi connectivity index (χ1n) is 12.7. The Bertz CT molecular complexity index is 807. The smallest absolute Gasteiger partial charge is 0.200 e. The van der Waals surface area contributed by atoms with Crippen LogP contribution in [-0.2, 0) is 16.8 Å². The van der Waals surface area contributed by atoms with Crippen molar-refractivity contribution in [1.82, 2.24) is 0 Å². The van der Waals surface area contributed by atoms with Crippen LogP contribution in [0.5, 0.6) is 5.75 Å². The topological polar surface area (TPSA) is 58.9 Å². The van der Waals surface area contributed by atoms with E-state index in [1.165, 1.54) is 13.3 Å². The van der Waals surface area contributed by atoms with E-state index in [4.69, 9.17) is 9.47 Å². The molecular weight excluding hydrogens is 419 g/mol. The normalized spacial score (nSPS) is 31.5. The van der Waals surface area contributed by atoms with Gasteiger partial charge in [0.15, 0.2) is 6.29 Å². The van der Waals surface area contributed by atoms with E-state index in [0.29, 0.717) is 35.0 Å². The molecule has 4 nitrogen and oxygen atoms in total. The van der Waals surface area contributed by atoms with Gasteiger partial charge in [0, 0.05) is 17.9 Å². The van der Waals surface area contributed by atoms with Gasteiger partial charge in [-0.05, 0) is 80.9 Å². The summed E-state index contributed by atoms with van der Waals surface area (Å²) in [6.07, 6.45) is 4.25. The monoisotopic (exact) mass is 462 g/mol. The zero-order valence-electron chi connectivity index (χ0n) is 21.0. The maximum absolute atomic E-state index is 15.4. The summed E-state index contributed by atoms with van der Waals surface area (Å²) in [5, 5.41) is 20.7. The summed E-state index contributed by atoms with van der Waals surface area (Å²) in [5.74, 6) is 2.28. The van der Waals surface area contributed by atoms with Crippen LogP contribution in [0.1, 0.15) is 77.8 Å². The van der Waals surface area contributed by atoms with Crippen molar-refractivity contribution in [3.63, 3.8) is 0 Å². The standard InChI is InChI=1S/C28H43FO4/c1-7-28(6,29)25-15-21(14-18(3)30)10-13-26(25)33-27(31)20(5)23-11-8-17(2)22-12-9-19(4)32-16-24(22)23/h10,13,15,17,19-20,22-24,27,30-31H,3,7-9,11-12,14,16H2,1-2,4-6H3/t17-,19?,20-,22+,23+,24?,27-,28?/m1/s1. The maximum atomic E-state index is 15.4. The Morgan fingerprint density at radius 3 is 2.64 bits per heavy atom. The number of halogens is 1. The first kappa shape index (κ1) is 26.0. The average molecular weight is 463 g/mol. The number of rotatable bonds is 8. The molecule has 5 heteroatoms. The fourth-order valence-corrected chi connectivity index (χ4v) is 5.88. The van der Waals surface area contributed by atoms with Crippen LogP contribution in [0.4, 0.5) is 4.39 Å². The first-order chi connectivity index (χ1) is 15.5. The lowest BCUT2D eigenvalue weighted by Gasteiger charge is -2.44. The number of benzene rings is 1. The number of hydrogen-bond donors (Lipinski definition) is 2. The molecule has 0 aromatic heterocycles. The van der Waals surface area contributed by atoms with Gasteiger partial charge in [-0.2, -0.15) is 0 Å². The quantitative estimate of drug-likeness (QED) is 0.333. The molecule has 1 aromatic carbocycles. The Hall–Kier alpha value is -1.59. The molecule has 1 saturated carbocycles. The van der Waals surface area contributed by atoms with Crippen LogP contribution in [-0.4, -0.2) is 29.2 Å². The SMILES string of the molecule is C=C(O)Cc1ccc(O[C@@H](O)[C@H](C)[C@@H]2CC[C@@H](C)[C@@H]3CCC(C)OCC23)c(C(C)(F)CC)c1. The predicted octanol–water partition coefficient (Wildman–Crippen LogP) is 6.71. The molecule has 3 rings (SSSR count). The highest BCUT2D eigenvalue weighted by molar-refractivity contribution is 5.42. The molecule has 0 spiro atoms. The van der Waals surface area contributed by atoms with Crippen molar-refractivity contribution in [3.05, 3.63) is 41.7 Å². The van der Waals surface area contributed by atoms with Gasteiger partial charge >= 0.3 is 0 Å². The number of hydrogen-bond acceptors (Lipinski definition) is 4. The van der Waals surface area contributed by atoms with Gasteiger partial charge < -0.3 is 19.7 Å². The van der Waals surface area contributed by atoms with Crippen molar-refractivity contribution in [2.75, 3.05) is 6.61 Å². The van der Waals surface area contributed by atoms with Gasteiger partial charge in [0.2, 0.25) is 0 Å². The minimum Gasteiger partial charge on any atom is -0.513 e. The van der Waals surface area contributed by atoms with E-state index in [0.717, 1.165) is 31.4 Å². The third-order valence-corrected chi connectivity index (χ3v) is 8.32. The van der Waals surface area contributed by atoms with Crippen molar-refractivity contribution in [2.45, 2.75) is 91.2 Å². The summed E-state index contributed by atoms with van der Waals surface area (Å²) in [5.41, 5.74) is -0.447. The van der Waals surface area contributed by atoms with Crippen molar-refractivity contribution < 1.29 is 24.1 Å². The predicted molar refractivity (Wildman–Crippen MR) is 130 cm³/mol. The molecule has 0 amide bonds. The molecule has 2 N–H and O–H groups in total. The van der Waals surface area contributed by atoms with Crippen LogP contribution in [0.3, 0.4) is 0 Å². The van der Waals surface area contributed by atoms with Gasteiger partial charge in [0.25, 0.3) is 0 Å². The zero-order chi connectivity index (χ0) is 24.3. The van der Waals surface area contributed by atoms with Crippen LogP contribution in [0, 0.1) is 29.6 Å². The molecule has 1 aliphatic heterocycles. The number of aliphatic hydroxyl groups is 2. The number of alkyl halides is 1. The molecule has 2 aliphatic rings. The number of aliphatic hydroxyl groups excluding tert-OH is 2. The lowest BCUT2D eigenvalue weighted by Crippen LogP contribution is -2.43. The third-order valence-electron chi connectivity index (χ3n) is 8.32. The van der Waals surface area contributed by atoms with Gasteiger partial charge in [-0.15, -0.1) is 0 Å². The second-order valence-electron chi connectivity index (χ2n) is 10.8. The van der Waals surface area contributed by atoms with Crippen molar-refractivity contribution in [1.29, 1.82) is 0 Å². The highest BCUT2D eigenvalue weighted by Crippen LogP contribution is 2.47. The van der Waals surface area contributed by atoms with Crippen molar-refractivity contribution in [2.24, 2.45) is 29.6 Å². The van der Waals surface area contributed by atoms with Crippen LogP contribution >= 0.6 is 0 Å². The molecule has 1 aliphatic carbocycles. The van der Waals surface area contributed by atoms with E-state index in [-0.39, 0.29) is 30.6 Å². The third kappa shape index (κ3) is 6.10. The van der Waals surface area contributed by atoms with E-state index in [1.54, 1.807) is 25.1 Å². The highest BCUT2D eigenvalue weighted by Gasteiger charge is 2.43. The second kappa shape index (κ2) is 10.8. The molecule has 1 saturated heterocycles. The second-order valence-corrected chi connectivity index (χ2v) is 10.8. The van der Waals surface area contributed by atoms with Crippen molar-refractivity contribution >= 4 is 0 Å². The van der Waals surface area contributed by atoms with Gasteiger partial charge in [-0.3, -0.25) is 0 Å². The number of ether oxygens (including phenoxy) is 2. The summed E-state index contributed by atoms with van der Waals surface area (Å²) in [7, 11) is 0. The van der Waals surface area contributed by atoms with Crippen LogP contribution < -0.4 is 4.74 Å². The van der Waals surface area contributed by atoms with Crippen LogP contribution in [0.15, 0.2) is 30.5 Å². The summed E-state index contributed by atoms with van der Waals surface area (Å²) in [6.45, 7) is 14.1. The Labute approximate surface area is 199 Å². The number of allylic oxidation sites excluding steroid dienone is 1. The lowest BCUT2D eigenvalue weighted by molar-refractivity contribution is -0.106. The summed E-state index contributed by atoms with van der Waals surface area (Å²) in [4.78, 5) is 0. The molecule has 0 bridgehead atoms. The summed E-state index contributed by atoms with van der Waals surface area (Å²) >= 11 is 0. The van der Waals surface area contributed by atoms with E-state index < -0.39 is 12.0 Å². The van der Waals surface area contributed by atoms with E-state index in [1.807, 2.05) is 0 Å². The van der Waals surface area contributed by atoms with E-state index in [2.05, 4.69) is 27.4 Å². The largest absolute Gasteiger partial charge is 0.513 e. The molecule has 0 radical (unpaired) electrons. The van der Waals surface area contributed by atoms with Gasteiger partial charge in [-0.1, -0.05) is 39.8 Å². The first-order valence-corrected chi connectivity index (χ1v) is 12.7. The Morgan fingerprint density at radius 2 is 1.97 bits per heavy atom. The molecular formula is C28H43FO4. The molecule has 3 unspecified atom stereocenters. The van der Waals surface area contributed by atoms with E-state index >= 15 is 4.39 Å². The summed E-state index contributed by atoms with van der Waals surface area (Å²) < 4.78 is 27.6.